The Hall–Kier alpha value is -1.42. The number of hydrogen-bond acceptors (Lipinski definition) is 3. The van der Waals surface area contributed by atoms with Crippen LogP contribution in [0.2, 0.25) is 0 Å². The van der Waals surface area contributed by atoms with E-state index in [0.29, 0.717) is 5.69 Å². The van der Waals surface area contributed by atoms with E-state index in [1.807, 2.05) is 42.5 Å². The molecule has 2 aromatic rings. The van der Waals surface area contributed by atoms with Crippen molar-refractivity contribution in [3.63, 3.8) is 0 Å². The third-order valence-corrected chi connectivity index (χ3v) is 3.25. The molecule has 2 rings (SSSR count). The number of methoxy groups -OCH3 is 1. The van der Waals surface area contributed by atoms with Gasteiger partial charge in [-0.15, -0.1) is 0 Å². The molecule has 116 valence electrons. The van der Waals surface area contributed by atoms with Gasteiger partial charge >= 0.3 is 0 Å². The van der Waals surface area contributed by atoms with E-state index < -0.39 is 3.79 Å². The fraction of sp³-hybridized carbons (Fsp3) is 0.188. The van der Waals surface area contributed by atoms with E-state index in [9.17, 15) is 0 Å². The number of ether oxygens (including phenoxy) is 2. The van der Waals surface area contributed by atoms with Crippen LogP contribution in [0.25, 0.3) is 0 Å². The molecule has 6 heteroatoms. The smallest absolute Gasteiger partial charge is 0.266 e. The van der Waals surface area contributed by atoms with Crippen molar-refractivity contribution in [1.82, 2.24) is 0 Å². The Morgan fingerprint density at radius 3 is 2.18 bits per heavy atom. The molecule has 0 saturated heterocycles. The summed E-state index contributed by atoms with van der Waals surface area (Å²) in [6.45, 7) is 0.240. The van der Waals surface area contributed by atoms with Gasteiger partial charge in [-0.05, 0) is 29.8 Å². The lowest BCUT2D eigenvalue weighted by Crippen LogP contribution is -2.22. The van der Waals surface area contributed by atoms with E-state index in [-0.39, 0.29) is 12.5 Å². The number of alkyl halides is 3. The van der Waals surface area contributed by atoms with Crippen LogP contribution in [0.5, 0.6) is 5.75 Å². The van der Waals surface area contributed by atoms with Gasteiger partial charge < -0.3 is 9.47 Å². The van der Waals surface area contributed by atoms with Crippen LogP contribution in [-0.2, 0) is 11.3 Å². The molecule has 0 atom stereocenters. The molecular formula is C16H14Cl3NO2. The highest BCUT2D eigenvalue weighted by molar-refractivity contribution is 6.76. The van der Waals surface area contributed by atoms with Crippen LogP contribution in [0.15, 0.2) is 59.6 Å². The number of aliphatic imine (C=N–C) groups is 1. The lowest BCUT2D eigenvalue weighted by atomic mass is 10.2. The summed E-state index contributed by atoms with van der Waals surface area (Å²) in [6, 6.07) is 16.6. The minimum Gasteiger partial charge on any atom is -0.497 e. The second-order valence-corrected chi connectivity index (χ2v) is 6.67. The molecular weight excluding hydrogens is 345 g/mol. The molecule has 0 unspecified atom stereocenters. The van der Waals surface area contributed by atoms with Crippen molar-refractivity contribution >= 4 is 46.4 Å². The molecule has 0 bridgehead atoms. The fourth-order valence-corrected chi connectivity index (χ4v) is 1.96. The Labute approximate surface area is 144 Å². The summed E-state index contributed by atoms with van der Waals surface area (Å²) in [7, 11) is 1.61. The first-order chi connectivity index (χ1) is 10.5. The van der Waals surface area contributed by atoms with Crippen molar-refractivity contribution in [3.05, 3.63) is 60.2 Å². The standard InChI is InChI=1S/C16H14Cl3NO2/c1-21-14-9-7-12(8-10-14)11-22-15(16(17,18)19)20-13-5-3-2-4-6-13/h2-10H,11H2,1H3. The van der Waals surface area contributed by atoms with Crippen molar-refractivity contribution in [2.24, 2.45) is 4.99 Å². The molecule has 0 aliphatic rings. The summed E-state index contributed by atoms with van der Waals surface area (Å²) in [5.41, 5.74) is 1.56. The van der Waals surface area contributed by atoms with E-state index >= 15 is 0 Å². The maximum absolute atomic E-state index is 5.92. The summed E-state index contributed by atoms with van der Waals surface area (Å²) in [6.07, 6.45) is 0. The molecule has 0 radical (unpaired) electrons. The predicted octanol–water partition coefficient (Wildman–Crippen LogP) is 5.31. The quantitative estimate of drug-likeness (QED) is 0.421. The summed E-state index contributed by atoms with van der Waals surface area (Å²) in [5.74, 6) is 0.794. The Bertz CT molecular complexity index is 622. The number of benzene rings is 2. The van der Waals surface area contributed by atoms with Crippen molar-refractivity contribution < 1.29 is 9.47 Å². The van der Waals surface area contributed by atoms with Crippen LogP contribution in [0.1, 0.15) is 5.56 Å². The van der Waals surface area contributed by atoms with Gasteiger partial charge in [-0.25, -0.2) is 4.99 Å². The van der Waals surface area contributed by atoms with Crippen molar-refractivity contribution in [2.75, 3.05) is 7.11 Å². The van der Waals surface area contributed by atoms with Crippen LogP contribution in [-0.4, -0.2) is 16.8 Å². The van der Waals surface area contributed by atoms with Gasteiger partial charge in [0.25, 0.3) is 3.79 Å². The highest BCUT2D eigenvalue weighted by atomic mass is 35.6. The second-order valence-electron chi connectivity index (χ2n) is 4.39. The zero-order chi connectivity index (χ0) is 16.0. The SMILES string of the molecule is COc1ccc(COC(=Nc2ccccc2)C(Cl)(Cl)Cl)cc1. The summed E-state index contributed by atoms with van der Waals surface area (Å²) in [5, 5.41) is 0. The Kier molecular flexibility index (Phi) is 5.95. The van der Waals surface area contributed by atoms with Gasteiger partial charge in [0, 0.05) is 0 Å². The zero-order valence-electron chi connectivity index (χ0n) is 11.8. The normalized spacial score (nSPS) is 12.1. The summed E-state index contributed by atoms with van der Waals surface area (Å²) in [4.78, 5) is 4.25. The molecule has 0 N–H and O–H groups in total. The molecule has 22 heavy (non-hydrogen) atoms. The minimum atomic E-state index is -1.73. The molecule has 0 saturated carbocycles. The molecule has 3 nitrogen and oxygen atoms in total. The van der Waals surface area contributed by atoms with Gasteiger partial charge in [0.2, 0.25) is 5.90 Å². The molecule has 0 aromatic heterocycles. The Balaban J connectivity index is 2.12. The maximum atomic E-state index is 5.92. The van der Waals surface area contributed by atoms with E-state index in [0.717, 1.165) is 11.3 Å². The molecule has 0 amide bonds. The molecule has 2 aromatic carbocycles. The van der Waals surface area contributed by atoms with Gasteiger partial charge in [-0.1, -0.05) is 65.1 Å². The molecule has 0 aliphatic heterocycles. The van der Waals surface area contributed by atoms with E-state index in [2.05, 4.69) is 4.99 Å². The van der Waals surface area contributed by atoms with Crippen LogP contribution in [0.4, 0.5) is 5.69 Å². The van der Waals surface area contributed by atoms with E-state index in [1.165, 1.54) is 0 Å². The summed E-state index contributed by atoms with van der Waals surface area (Å²) >= 11 is 17.8. The minimum absolute atomic E-state index is 0.0273. The third-order valence-electron chi connectivity index (χ3n) is 2.76. The molecule has 0 aliphatic carbocycles. The molecule has 0 heterocycles. The largest absolute Gasteiger partial charge is 0.497 e. The first-order valence-corrected chi connectivity index (χ1v) is 7.59. The van der Waals surface area contributed by atoms with Crippen LogP contribution >= 0.6 is 34.8 Å². The van der Waals surface area contributed by atoms with Gasteiger partial charge in [-0.2, -0.15) is 0 Å². The first kappa shape index (κ1) is 16.9. The summed E-state index contributed by atoms with van der Waals surface area (Å²) < 4.78 is 8.95. The fourth-order valence-electron chi connectivity index (χ4n) is 1.67. The number of hydrogen-bond donors (Lipinski definition) is 0. The molecule has 0 spiro atoms. The van der Waals surface area contributed by atoms with Gasteiger partial charge in [-0.3, -0.25) is 0 Å². The maximum Gasteiger partial charge on any atom is 0.266 e. The average molecular weight is 359 g/mol. The molecule has 0 fully saturated rings. The van der Waals surface area contributed by atoms with E-state index in [4.69, 9.17) is 44.3 Å². The van der Waals surface area contributed by atoms with Gasteiger partial charge in [0.1, 0.15) is 12.4 Å². The van der Waals surface area contributed by atoms with Crippen LogP contribution in [0, 0.1) is 0 Å². The number of halogens is 3. The van der Waals surface area contributed by atoms with Crippen LogP contribution in [0.3, 0.4) is 0 Å². The highest BCUT2D eigenvalue weighted by Crippen LogP contribution is 2.31. The van der Waals surface area contributed by atoms with Gasteiger partial charge in [0.05, 0.1) is 12.8 Å². The highest BCUT2D eigenvalue weighted by Gasteiger charge is 2.30. The van der Waals surface area contributed by atoms with Crippen molar-refractivity contribution in [2.45, 2.75) is 10.4 Å². The van der Waals surface area contributed by atoms with Crippen LogP contribution < -0.4 is 4.74 Å². The lowest BCUT2D eigenvalue weighted by molar-refractivity contribution is 0.286. The lowest BCUT2D eigenvalue weighted by Gasteiger charge is -2.16. The predicted molar refractivity (Wildman–Crippen MR) is 91.6 cm³/mol. The first-order valence-electron chi connectivity index (χ1n) is 6.45. The Morgan fingerprint density at radius 2 is 1.64 bits per heavy atom. The van der Waals surface area contributed by atoms with Crippen molar-refractivity contribution in [3.8, 4) is 5.75 Å². The number of rotatable bonds is 4. The van der Waals surface area contributed by atoms with Gasteiger partial charge in [0.15, 0.2) is 0 Å². The van der Waals surface area contributed by atoms with E-state index in [1.54, 1.807) is 19.2 Å². The second kappa shape index (κ2) is 7.73. The Morgan fingerprint density at radius 1 is 1.00 bits per heavy atom. The topological polar surface area (TPSA) is 30.8 Å². The zero-order valence-corrected chi connectivity index (χ0v) is 14.1. The number of para-hydroxylation sites is 1. The number of nitrogens with zero attached hydrogens (tertiary/aromatic N) is 1. The monoisotopic (exact) mass is 357 g/mol. The third kappa shape index (κ3) is 5.09. The van der Waals surface area contributed by atoms with Crippen molar-refractivity contribution in [1.29, 1.82) is 0 Å². The average Bonchev–Trinajstić information content (AvgIpc) is 2.52.